The molecular weight excluding hydrogens is 216 g/mol. The third kappa shape index (κ3) is 18.8. The first-order valence-corrected chi connectivity index (χ1v) is 4.92. The molecule has 16 heavy (non-hydrogen) atoms. The summed E-state index contributed by atoms with van der Waals surface area (Å²) in [5.74, 6) is -0.981. The smallest absolute Gasteiger partial charge is 0.327 e. The molecule has 3 N–H and O–H groups in total. The fourth-order valence-electron chi connectivity index (χ4n) is 0.551. The van der Waals surface area contributed by atoms with E-state index < -0.39 is 12.3 Å². The molecule has 0 heterocycles. The van der Waals surface area contributed by atoms with E-state index in [9.17, 15) is 4.79 Å². The van der Waals surface area contributed by atoms with Gasteiger partial charge in [-0.2, -0.15) is 0 Å². The van der Waals surface area contributed by atoms with E-state index in [1.807, 2.05) is 6.92 Å². The number of aliphatic hydroxyl groups is 2. The molecule has 0 amide bonds. The van der Waals surface area contributed by atoms with Crippen molar-refractivity contribution in [1.29, 1.82) is 0 Å². The van der Waals surface area contributed by atoms with Gasteiger partial charge in [0.15, 0.2) is 6.29 Å². The summed E-state index contributed by atoms with van der Waals surface area (Å²) in [6.45, 7) is 5.79. The number of carbonyl (C=O) groups is 1. The summed E-state index contributed by atoms with van der Waals surface area (Å²) in [6, 6.07) is 0. The summed E-state index contributed by atoms with van der Waals surface area (Å²) in [5.41, 5.74) is 0. The third-order valence-electron chi connectivity index (χ3n) is 1.19. The van der Waals surface area contributed by atoms with Crippen molar-refractivity contribution in [1.82, 2.24) is 0 Å². The van der Waals surface area contributed by atoms with Gasteiger partial charge in [0.25, 0.3) is 0 Å². The Hall–Kier alpha value is -0.950. The predicted octanol–water partition coefficient (Wildman–Crippen LogP) is -0.00270. The van der Waals surface area contributed by atoms with Crippen molar-refractivity contribution < 1.29 is 29.6 Å². The molecule has 0 spiro atoms. The van der Waals surface area contributed by atoms with E-state index in [0.717, 1.165) is 12.5 Å². The summed E-state index contributed by atoms with van der Waals surface area (Å²) >= 11 is 0. The highest BCUT2D eigenvalue weighted by molar-refractivity contribution is 5.78. The van der Waals surface area contributed by atoms with E-state index in [2.05, 4.69) is 6.58 Å². The molecule has 0 aromatic rings. The molecule has 0 aliphatic rings. The van der Waals surface area contributed by atoms with E-state index in [0.29, 0.717) is 6.61 Å². The van der Waals surface area contributed by atoms with E-state index in [-0.39, 0.29) is 19.8 Å². The fraction of sp³-hybridized carbons (Fsp3) is 0.700. The standard InChI is InChI=1S/C7H16O4.C3H4O2/c1-2-4-11-7(9)6-10-5-3-8;1-2-3(4)5/h7-9H,2-6H2,1H3;2H,1H2,(H,4,5). The van der Waals surface area contributed by atoms with E-state index >= 15 is 0 Å². The van der Waals surface area contributed by atoms with Crippen LogP contribution in [0.3, 0.4) is 0 Å². The summed E-state index contributed by atoms with van der Waals surface area (Å²) in [5, 5.41) is 24.9. The topological polar surface area (TPSA) is 96.2 Å². The minimum atomic E-state index is -0.981. The molecule has 0 aliphatic heterocycles. The molecular formula is C10H20O6. The summed E-state index contributed by atoms with van der Waals surface area (Å²) < 4.78 is 9.70. The van der Waals surface area contributed by atoms with Gasteiger partial charge in [0.05, 0.1) is 19.8 Å². The molecule has 1 unspecified atom stereocenters. The van der Waals surface area contributed by atoms with E-state index in [1.165, 1.54) is 0 Å². The normalized spacial score (nSPS) is 11.2. The minimum Gasteiger partial charge on any atom is -0.478 e. The molecule has 0 fully saturated rings. The van der Waals surface area contributed by atoms with Crippen LogP contribution in [0.15, 0.2) is 12.7 Å². The summed E-state index contributed by atoms with van der Waals surface area (Å²) in [4.78, 5) is 9.25. The van der Waals surface area contributed by atoms with Gasteiger partial charge in [-0.25, -0.2) is 4.79 Å². The molecule has 0 aliphatic carbocycles. The average Bonchev–Trinajstić information content (AvgIpc) is 2.27. The number of aliphatic carboxylic acids is 1. The molecule has 96 valence electrons. The Balaban J connectivity index is 0. The van der Waals surface area contributed by atoms with Crippen LogP contribution >= 0.6 is 0 Å². The highest BCUT2D eigenvalue weighted by Gasteiger charge is 2.01. The molecule has 0 aromatic heterocycles. The third-order valence-corrected chi connectivity index (χ3v) is 1.19. The van der Waals surface area contributed by atoms with Gasteiger partial charge < -0.3 is 24.8 Å². The Kier molecular flexibility index (Phi) is 15.3. The molecule has 1 atom stereocenters. The van der Waals surface area contributed by atoms with Crippen LogP contribution in [0, 0.1) is 0 Å². The van der Waals surface area contributed by atoms with Crippen molar-refractivity contribution >= 4 is 5.97 Å². The van der Waals surface area contributed by atoms with Gasteiger partial charge in [0, 0.05) is 12.7 Å². The van der Waals surface area contributed by atoms with Crippen molar-refractivity contribution in [3.05, 3.63) is 12.7 Å². The summed E-state index contributed by atoms with van der Waals surface area (Å²) in [7, 11) is 0. The van der Waals surface area contributed by atoms with Gasteiger partial charge in [-0.1, -0.05) is 13.5 Å². The Labute approximate surface area is 95.1 Å². The van der Waals surface area contributed by atoms with Crippen LogP contribution in [0.4, 0.5) is 0 Å². The molecule has 6 heteroatoms. The molecule has 0 aromatic carbocycles. The van der Waals surface area contributed by atoms with Gasteiger partial charge in [-0.15, -0.1) is 0 Å². The second-order valence-electron chi connectivity index (χ2n) is 2.67. The second kappa shape index (κ2) is 14.1. The van der Waals surface area contributed by atoms with Gasteiger partial charge in [0.2, 0.25) is 0 Å². The number of ether oxygens (including phenoxy) is 2. The van der Waals surface area contributed by atoms with Crippen molar-refractivity contribution in [2.24, 2.45) is 0 Å². The minimum absolute atomic E-state index is 0.0273. The monoisotopic (exact) mass is 236 g/mol. The van der Waals surface area contributed by atoms with Crippen LogP contribution < -0.4 is 0 Å². The number of hydrogen-bond donors (Lipinski definition) is 3. The van der Waals surface area contributed by atoms with Crippen LogP contribution in [-0.2, 0) is 14.3 Å². The van der Waals surface area contributed by atoms with Gasteiger partial charge in [-0.05, 0) is 6.42 Å². The van der Waals surface area contributed by atoms with E-state index in [4.69, 9.17) is 24.8 Å². The van der Waals surface area contributed by atoms with Crippen LogP contribution in [0.2, 0.25) is 0 Å². The second-order valence-corrected chi connectivity index (χ2v) is 2.67. The molecule has 0 radical (unpaired) electrons. The van der Waals surface area contributed by atoms with Crippen LogP contribution in [0.5, 0.6) is 0 Å². The van der Waals surface area contributed by atoms with E-state index in [1.54, 1.807) is 0 Å². The Morgan fingerprint density at radius 2 is 2.06 bits per heavy atom. The number of aliphatic hydroxyl groups excluding tert-OH is 2. The maximum Gasteiger partial charge on any atom is 0.327 e. The van der Waals surface area contributed by atoms with Gasteiger partial charge in [-0.3, -0.25) is 0 Å². The number of carboxylic acid groups (broad SMARTS) is 1. The number of carboxylic acids is 1. The summed E-state index contributed by atoms with van der Waals surface area (Å²) in [6.07, 6.45) is 0.846. The first-order valence-electron chi connectivity index (χ1n) is 4.92. The zero-order chi connectivity index (χ0) is 12.8. The highest BCUT2D eigenvalue weighted by Crippen LogP contribution is 1.89. The molecule has 6 nitrogen and oxygen atoms in total. The van der Waals surface area contributed by atoms with Crippen LogP contribution in [0.25, 0.3) is 0 Å². The highest BCUT2D eigenvalue weighted by atomic mass is 16.6. The Morgan fingerprint density at radius 1 is 1.50 bits per heavy atom. The van der Waals surface area contributed by atoms with Crippen molar-refractivity contribution in [3.63, 3.8) is 0 Å². The first kappa shape index (κ1) is 17.4. The van der Waals surface area contributed by atoms with Crippen LogP contribution in [-0.4, -0.2) is 54.0 Å². The zero-order valence-electron chi connectivity index (χ0n) is 9.46. The lowest BCUT2D eigenvalue weighted by Gasteiger charge is -2.10. The Bertz CT molecular complexity index is 171. The molecule has 0 saturated carbocycles. The predicted molar refractivity (Wildman–Crippen MR) is 58.0 cm³/mol. The average molecular weight is 236 g/mol. The van der Waals surface area contributed by atoms with Crippen molar-refractivity contribution in [3.8, 4) is 0 Å². The number of hydrogen-bond acceptors (Lipinski definition) is 5. The van der Waals surface area contributed by atoms with Crippen molar-refractivity contribution in [2.45, 2.75) is 19.6 Å². The maximum atomic E-state index is 9.25. The molecule has 0 bridgehead atoms. The van der Waals surface area contributed by atoms with Gasteiger partial charge >= 0.3 is 5.97 Å². The lowest BCUT2D eigenvalue weighted by Crippen LogP contribution is -2.20. The molecule has 0 rings (SSSR count). The lowest BCUT2D eigenvalue weighted by atomic mass is 10.5. The molecule has 0 saturated heterocycles. The quantitative estimate of drug-likeness (QED) is 0.312. The van der Waals surface area contributed by atoms with Gasteiger partial charge in [0.1, 0.15) is 0 Å². The lowest BCUT2D eigenvalue weighted by molar-refractivity contribution is -0.139. The largest absolute Gasteiger partial charge is 0.478 e. The SMILES string of the molecule is C=CC(=O)O.CCCOC(O)COCCO. The zero-order valence-corrected chi connectivity index (χ0v) is 9.46. The maximum absolute atomic E-state index is 9.25. The first-order chi connectivity index (χ1) is 7.58. The fourth-order valence-corrected chi connectivity index (χ4v) is 0.551. The van der Waals surface area contributed by atoms with Crippen molar-refractivity contribution in [2.75, 3.05) is 26.4 Å². The Morgan fingerprint density at radius 3 is 2.44 bits per heavy atom. The number of rotatable bonds is 8. The van der Waals surface area contributed by atoms with Crippen LogP contribution in [0.1, 0.15) is 13.3 Å².